The number of ether oxygens (including phenoxy) is 2. The molecule has 0 saturated heterocycles. The number of hydrogen-bond acceptors (Lipinski definition) is 3. The van der Waals surface area contributed by atoms with Crippen LogP contribution in [0.4, 0.5) is 0 Å². The largest absolute Gasteiger partial charge is 0.494 e. The van der Waals surface area contributed by atoms with Crippen molar-refractivity contribution in [1.29, 1.82) is 0 Å². The van der Waals surface area contributed by atoms with E-state index in [1.165, 1.54) is 37.7 Å². The second kappa shape index (κ2) is 8.28. The molecular weight excluding hydrogens is 250 g/mol. The van der Waals surface area contributed by atoms with Crippen LogP contribution in [-0.4, -0.2) is 26.4 Å². The highest BCUT2D eigenvalue weighted by molar-refractivity contribution is 5.36. The molecule has 3 heteroatoms. The van der Waals surface area contributed by atoms with Crippen molar-refractivity contribution >= 4 is 0 Å². The minimum Gasteiger partial charge on any atom is -0.494 e. The van der Waals surface area contributed by atoms with E-state index in [0.717, 1.165) is 5.75 Å². The Kier molecular flexibility index (Phi) is 6.34. The lowest BCUT2D eigenvalue weighted by Gasteiger charge is -2.26. The van der Waals surface area contributed by atoms with Crippen LogP contribution in [0.15, 0.2) is 24.3 Å². The topological polar surface area (TPSA) is 30.5 Å². The maximum Gasteiger partial charge on any atom is 0.124 e. The first-order valence-electron chi connectivity index (χ1n) is 7.85. The monoisotopic (exact) mass is 277 g/mol. The Bertz CT molecular complexity index is 388. The van der Waals surface area contributed by atoms with Crippen LogP contribution in [0.5, 0.6) is 5.75 Å². The van der Waals surface area contributed by atoms with Gasteiger partial charge in [-0.05, 0) is 32.9 Å². The van der Waals surface area contributed by atoms with Crippen LogP contribution in [-0.2, 0) is 4.74 Å². The molecule has 0 radical (unpaired) electrons. The smallest absolute Gasteiger partial charge is 0.124 e. The Morgan fingerprint density at radius 3 is 2.65 bits per heavy atom. The van der Waals surface area contributed by atoms with E-state index in [-0.39, 0.29) is 6.04 Å². The quantitative estimate of drug-likeness (QED) is 0.824. The molecule has 0 heterocycles. The fraction of sp³-hybridized carbons (Fsp3) is 0.647. The predicted octanol–water partition coefficient (Wildman–Crippen LogP) is 3.70. The molecular formula is C17H27NO2. The van der Waals surface area contributed by atoms with Gasteiger partial charge < -0.3 is 14.8 Å². The van der Waals surface area contributed by atoms with Crippen molar-refractivity contribution in [3.05, 3.63) is 29.8 Å². The van der Waals surface area contributed by atoms with Crippen LogP contribution in [0, 0.1) is 0 Å². The Morgan fingerprint density at radius 1 is 1.20 bits per heavy atom. The molecule has 1 aromatic carbocycles. The van der Waals surface area contributed by atoms with Crippen molar-refractivity contribution in [1.82, 2.24) is 5.32 Å². The minimum absolute atomic E-state index is 0.194. The molecule has 1 N–H and O–H groups in total. The summed E-state index contributed by atoms with van der Waals surface area (Å²) in [6.45, 7) is 3.42. The Labute approximate surface area is 122 Å². The van der Waals surface area contributed by atoms with Crippen LogP contribution in [0.25, 0.3) is 0 Å². The average molecular weight is 277 g/mol. The number of likely N-dealkylation sites (N-methyl/N-ethyl adjacent to an activating group) is 1. The lowest BCUT2D eigenvalue weighted by atomic mass is 9.97. The molecule has 0 amide bonds. The van der Waals surface area contributed by atoms with Gasteiger partial charge in [-0.25, -0.2) is 0 Å². The van der Waals surface area contributed by atoms with Crippen LogP contribution in [0.3, 0.4) is 0 Å². The summed E-state index contributed by atoms with van der Waals surface area (Å²) in [5.74, 6) is 0.960. The highest BCUT2D eigenvalue weighted by atomic mass is 16.5. The van der Waals surface area contributed by atoms with Gasteiger partial charge in [0.25, 0.3) is 0 Å². The first kappa shape index (κ1) is 15.3. The standard InChI is InChI=1S/C17H27NO2/c1-3-19-17-12-8-7-11-15(17)16(18-2)13-20-14-9-5-4-6-10-14/h7-8,11-12,14,16,18H,3-6,9-10,13H2,1-2H3. The second-order valence-corrected chi connectivity index (χ2v) is 5.41. The van der Waals surface area contributed by atoms with Crippen molar-refractivity contribution in [3.63, 3.8) is 0 Å². The number of nitrogens with one attached hydrogen (secondary N) is 1. The van der Waals surface area contributed by atoms with Gasteiger partial charge >= 0.3 is 0 Å². The van der Waals surface area contributed by atoms with Crippen LogP contribution < -0.4 is 10.1 Å². The zero-order chi connectivity index (χ0) is 14.2. The summed E-state index contributed by atoms with van der Waals surface area (Å²) in [4.78, 5) is 0. The molecule has 112 valence electrons. The average Bonchev–Trinajstić information content (AvgIpc) is 2.51. The van der Waals surface area contributed by atoms with Crippen molar-refractivity contribution in [2.24, 2.45) is 0 Å². The van der Waals surface area contributed by atoms with Crippen LogP contribution in [0.1, 0.15) is 50.6 Å². The van der Waals surface area contributed by atoms with Gasteiger partial charge in [-0.2, -0.15) is 0 Å². The van der Waals surface area contributed by atoms with Crippen LogP contribution in [0.2, 0.25) is 0 Å². The van der Waals surface area contributed by atoms with Gasteiger partial charge in [0.2, 0.25) is 0 Å². The number of para-hydroxylation sites is 1. The van der Waals surface area contributed by atoms with Gasteiger partial charge in [-0.1, -0.05) is 37.5 Å². The van der Waals surface area contributed by atoms with E-state index in [1.54, 1.807) is 0 Å². The number of benzene rings is 1. The third kappa shape index (κ3) is 4.22. The predicted molar refractivity (Wildman–Crippen MR) is 82.2 cm³/mol. The highest BCUT2D eigenvalue weighted by Crippen LogP contribution is 2.27. The highest BCUT2D eigenvalue weighted by Gasteiger charge is 2.18. The molecule has 0 bridgehead atoms. The molecule has 1 fully saturated rings. The molecule has 3 nitrogen and oxygen atoms in total. The van der Waals surface area contributed by atoms with E-state index >= 15 is 0 Å². The lowest BCUT2D eigenvalue weighted by Crippen LogP contribution is -2.26. The third-order valence-electron chi connectivity index (χ3n) is 3.99. The Balaban J connectivity index is 1.96. The van der Waals surface area contributed by atoms with E-state index in [0.29, 0.717) is 19.3 Å². The van der Waals surface area contributed by atoms with Crippen molar-refractivity contribution < 1.29 is 9.47 Å². The van der Waals surface area contributed by atoms with Gasteiger partial charge in [-0.15, -0.1) is 0 Å². The molecule has 2 rings (SSSR count). The lowest BCUT2D eigenvalue weighted by molar-refractivity contribution is 0.0162. The minimum atomic E-state index is 0.194. The number of hydrogen-bond donors (Lipinski definition) is 1. The van der Waals surface area contributed by atoms with E-state index in [2.05, 4.69) is 17.4 Å². The third-order valence-corrected chi connectivity index (χ3v) is 3.99. The summed E-state index contributed by atoms with van der Waals surface area (Å²) in [6.07, 6.45) is 6.85. The molecule has 1 saturated carbocycles. The zero-order valence-corrected chi connectivity index (χ0v) is 12.7. The summed E-state index contributed by atoms with van der Waals surface area (Å²) < 4.78 is 11.8. The summed E-state index contributed by atoms with van der Waals surface area (Å²) in [7, 11) is 1.98. The van der Waals surface area contributed by atoms with Crippen LogP contribution >= 0.6 is 0 Å². The molecule has 1 atom stereocenters. The van der Waals surface area contributed by atoms with E-state index < -0.39 is 0 Å². The van der Waals surface area contributed by atoms with Gasteiger partial charge in [0.05, 0.1) is 25.4 Å². The molecule has 20 heavy (non-hydrogen) atoms. The maximum atomic E-state index is 6.11. The van der Waals surface area contributed by atoms with Gasteiger partial charge in [0, 0.05) is 5.56 Å². The molecule has 1 aromatic rings. The van der Waals surface area contributed by atoms with Crippen molar-refractivity contribution in [3.8, 4) is 5.75 Å². The summed E-state index contributed by atoms with van der Waals surface area (Å²) in [5.41, 5.74) is 1.19. The summed E-state index contributed by atoms with van der Waals surface area (Å²) in [6, 6.07) is 8.42. The fourth-order valence-corrected chi connectivity index (χ4v) is 2.85. The normalized spacial score (nSPS) is 17.9. The SMILES string of the molecule is CCOc1ccccc1C(COC1CCCCC1)NC. The van der Waals surface area contributed by atoms with Gasteiger partial charge in [0.15, 0.2) is 0 Å². The summed E-state index contributed by atoms with van der Waals surface area (Å²) in [5, 5.41) is 3.35. The molecule has 0 aliphatic heterocycles. The fourth-order valence-electron chi connectivity index (χ4n) is 2.85. The van der Waals surface area contributed by atoms with Crippen molar-refractivity contribution in [2.45, 2.75) is 51.2 Å². The van der Waals surface area contributed by atoms with Gasteiger partial charge in [-0.3, -0.25) is 0 Å². The molecule has 0 spiro atoms. The Morgan fingerprint density at radius 2 is 1.95 bits per heavy atom. The molecule has 1 aliphatic rings. The zero-order valence-electron chi connectivity index (χ0n) is 12.7. The first-order chi connectivity index (χ1) is 9.85. The van der Waals surface area contributed by atoms with E-state index in [4.69, 9.17) is 9.47 Å². The summed E-state index contributed by atoms with van der Waals surface area (Å²) >= 11 is 0. The molecule has 1 aliphatic carbocycles. The van der Waals surface area contributed by atoms with E-state index in [1.807, 2.05) is 26.1 Å². The maximum absolute atomic E-state index is 6.11. The van der Waals surface area contributed by atoms with Gasteiger partial charge in [0.1, 0.15) is 5.75 Å². The van der Waals surface area contributed by atoms with Crippen molar-refractivity contribution in [2.75, 3.05) is 20.3 Å². The second-order valence-electron chi connectivity index (χ2n) is 5.41. The Hall–Kier alpha value is -1.06. The van der Waals surface area contributed by atoms with E-state index in [9.17, 15) is 0 Å². The molecule has 1 unspecified atom stereocenters. The molecule has 0 aromatic heterocycles. The first-order valence-corrected chi connectivity index (χ1v) is 7.85. The number of rotatable bonds is 7.